The zero-order valence-corrected chi connectivity index (χ0v) is 12.1. The van der Waals surface area contributed by atoms with Crippen LogP contribution in [0.1, 0.15) is 18.2 Å². The summed E-state index contributed by atoms with van der Waals surface area (Å²) in [5.41, 5.74) is -0.723. The molecule has 3 atom stereocenters. The fourth-order valence-corrected chi connectivity index (χ4v) is 2.50. The van der Waals surface area contributed by atoms with Gasteiger partial charge in [-0.25, -0.2) is 4.79 Å². The van der Waals surface area contributed by atoms with E-state index >= 15 is 0 Å². The first-order chi connectivity index (χ1) is 9.06. The molecule has 2 heterocycles. The predicted molar refractivity (Wildman–Crippen MR) is 74.5 cm³/mol. The maximum absolute atomic E-state index is 11.8. The minimum atomic E-state index is -0.591. The fourth-order valence-electron chi connectivity index (χ4n) is 1.92. The third-order valence-corrected chi connectivity index (χ3v) is 3.61. The van der Waals surface area contributed by atoms with Crippen molar-refractivity contribution in [2.45, 2.75) is 24.1 Å². The molecule has 1 aliphatic heterocycles. The summed E-state index contributed by atoms with van der Waals surface area (Å²) < 4.78 is 6.76. The molecule has 0 saturated carbocycles. The second-order valence-corrected chi connectivity index (χ2v) is 5.20. The Labute approximate surface area is 121 Å². The van der Waals surface area contributed by atoms with E-state index in [9.17, 15) is 9.59 Å². The molecule has 0 bridgehead atoms. The Morgan fingerprint density at radius 2 is 2.37 bits per heavy atom. The number of alkyl halides is 1. The molecule has 0 aromatic carbocycles. The summed E-state index contributed by atoms with van der Waals surface area (Å²) in [6.45, 7) is -0.211. The van der Waals surface area contributed by atoms with Gasteiger partial charge in [-0.3, -0.25) is 14.3 Å². The van der Waals surface area contributed by atoms with Crippen molar-refractivity contribution in [3.63, 3.8) is 0 Å². The van der Waals surface area contributed by atoms with Crippen LogP contribution in [0.15, 0.2) is 20.8 Å². The fraction of sp³-hybridized carbons (Fsp3) is 0.455. The number of aromatic amines is 1. The van der Waals surface area contributed by atoms with E-state index in [2.05, 4.69) is 20.9 Å². The van der Waals surface area contributed by atoms with Crippen LogP contribution >= 0.6 is 27.5 Å². The van der Waals surface area contributed by atoms with Gasteiger partial charge < -0.3 is 9.84 Å². The molecule has 1 saturated heterocycles. The number of nitrogens with zero attached hydrogens (tertiary/aromatic N) is 1. The SMILES string of the molecule is O=c1[nH]c(=O)n([C@@H]2CC(Cl)[C@H](CO)O2)cc1/C=C/Br. The Bertz CT molecular complexity index is 597. The number of hydrogen-bond donors (Lipinski definition) is 2. The highest BCUT2D eigenvalue weighted by molar-refractivity contribution is 9.11. The van der Waals surface area contributed by atoms with Crippen molar-refractivity contribution in [3.05, 3.63) is 37.6 Å². The molecular formula is C11H12BrClN2O4. The van der Waals surface area contributed by atoms with Crippen molar-refractivity contribution in [2.24, 2.45) is 0 Å². The normalized spacial score (nSPS) is 27.2. The highest BCUT2D eigenvalue weighted by Crippen LogP contribution is 2.30. The number of hydrogen-bond acceptors (Lipinski definition) is 4. The number of aliphatic hydroxyl groups is 1. The van der Waals surface area contributed by atoms with Gasteiger partial charge in [-0.05, 0) is 11.1 Å². The van der Waals surface area contributed by atoms with Gasteiger partial charge in [0, 0.05) is 12.6 Å². The third-order valence-electron chi connectivity index (χ3n) is 2.89. The second kappa shape index (κ2) is 6.04. The van der Waals surface area contributed by atoms with Crippen LogP contribution in [0.2, 0.25) is 0 Å². The summed E-state index contributed by atoms with van der Waals surface area (Å²) in [5, 5.41) is 8.71. The number of rotatable bonds is 3. The summed E-state index contributed by atoms with van der Waals surface area (Å²) in [5.74, 6) is 0. The first kappa shape index (κ1) is 14.5. The van der Waals surface area contributed by atoms with Gasteiger partial charge in [-0.15, -0.1) is 11.6 Å². The molecule has 104 valence electrons. The molecule has 1 aliphatic rings. The Hall–Kier alpha value is -0.890. The van der Waals surface area contributed by atoms with Gasteiger partial charge in [0.05, 0.1) is 23.7 Å². The summed E-state index contributed by atoms with van der Waals surface area (Å²) in [7, 11) is 0. The molecule has 1 aromatic heterocycles. The number of nitrogens with one attached hydrogen (secondary N) is 1. The van der Waals surface area contributed by atoms with Crippen molar-refractivity contribution in [2.75, 3.05) is 6.61 Å². The van der Waals surface area contributed by atoms with E-state index in [0.29, 0.717) is 12.0 Å². The molecule has 0 radical (unpaired) electrons. The Morgan fingerprint density at radius 1 is 1.63 bits per heavy atom. The molecule has 19 heavy (non-hydrogen) atoms. The van der Waals surface area contributed by atoms with Crippen molar-refractivity contribution in [1.82, 2.24) is 9.55 Å². The number of aromatic nitrogens is 2. The van der Waals surface area contributed by atoms with Crippen LogP contribution in [0.25, 0.3) is 6.08 Å². The largest absolute Gasteiger partial charge is 0.394 e. The highest BCUT2D eigenvalue weighted by atomic mass is 79.9. The maximum Gasteiger partial charge on any atom is 0.330 e. The molecule has 2 rings (SSSR count). The van der Waals surface area contributed by atoms with Crippen LogP contribution in [-0.2, 0) is 4.74 Å². The first-order valence-corrected chi connectivity index (χ1v) is 6.94. The van der Waals surface area contributed by atoms with Gasteiger partial charge in [0.1, 0.15) is 6.23 Å². The zero-order chi connectivity index (χ0) is 14.0. The van der Waals surface area contributed by atoms with E-state index in [-0.39, 0.29) is 12.0 Å². The molecule has 6 nitrogen and oxygen atoms in total. The zero-order valence-electron chi connectivity index (χ0n) is 9.75. The van der Waals surface area contributed by atoms with Crippen LogP contribution in [0.3, 0.4) is 0 Å². The van der Waals surface area contributed by atoms with Crippen LogP contribution in [-0.4, -0.2) is 32.7 Å². The van der Waals surface area contributed by atoms with Crippen LogP contribution in [0.5, 0.6) is 0 Å². The number of aliphatic hydroxyl groups excluding tert-OH is 1. The van der Waals surface area contributed by atoms with Gasteiger partial charge in [-0.1, -0.05) is 15.9 Å². The van der Waals surface area contributed by atoms with E-state index < -0.39 is 23.6 Å². The molecule has 8 heteroatoms. The lowest BCUT2D eigenvalue weighted by molar-refractivity contribution is -0.0240. The topological polar surface area (TPSA) is 84.3 Å². The Morgan fingerprint density at radius 3 is 2.95 bits per heavy atom. The average molecular weight is 352 g/mol. The smallest absolute Gasteiger partial charge is 0.330 e. The average Bonchev–Trinajstić information content (AvgIpc) is 2.74. The lowest BCUT2D eigenvalue weighted by Gasteiger charge is -2.14. The van der Waals surface area contributed by atoms with Gasteiger partial charge in [0.15, 0.2) is 0 Å². The second-order valence-electron chi connectivity index (χ2n) is 4.11. The molecule has 0 aliphatic carbocycles. The highest BCUT2D eigenvalue weighted by Gasteiger charge is 2.35. The van der Waals surface area contributed by atoms with E-state index in [0.717, 1.165) is 0 Å². The summed E-state index contributed by atoms with van der Waals surface area (Å²) in [6.07, 6.45) is 2.21. The van der Waals surface area contributed by atoms with E-state index in [1.807, 2.05) is 0 Å². The molecular weight excluding hydrogens is 339 g/mol. The third kappa shape index (κ3) is 3.00. The first-order valence-electron chi connectivity index (χ1n) is 5.59. The number of ether oxygens (including phenoxy) is 1. The van der Waals surface area contributed by atoms with Gasteiger partial charge in [0.2, 0.25) is 0 Å². The molecule has 1 unspecified atom stereocenters. The van der Waals surface area contributed by atoms with Crippen LogP contribution in [0.4, 0.5) is 0 Å². The quantitative estimate of drug-likeness (QED) is 0.789. The standard InChI is InChI=1S/C11H12BrClN2O4/c12-2-1-6-4-15(11(18)14-10(6)17)9-3-7(13)8(5-16)19-9/h1-2,4,7-9,16H,3,5H2,(H,14,17,18)/b2-1+/t7?,8-,9-/m0/s1. The molecule has 0 spiro atoms. The van der Waals surface area contributed by atoms with Crippen molar-refractivity contribution in [3.8, 4) is 0 Å². The lowest BCUT2D eigenvalue weighted by atomic mass is 10.2. The van der Waals surface area contributed by atoms with Gasteiger partial charge >= 0.3 is 5.69 Å². The van der Waals surface area contributed by atoms with E-state index in [4.69, 9.17) is 21.4 Å². The number of halogens is 2. The van der Waals surface area contributed by atoms with Crippen LogP contribution < -0.4 is 11.2 Å². The van der Waals surface area contributed by atoms with Crippen molar-refractivity contribution < 1.29 is 9.84 Å². The summed E-state index contributed by atoms with van der Waals surface area (Å²) in [6, 6.07) is 0. The Kier molecular flexibility index (Phi) is 4.62. The predicted octanol–water partition coefficient (Wildman–Crippen LogP) is 0.789. The maximum atomic E-state index is 11.8. The molecule has 2 N–H and O–H groups in total. The van der Waals surface area contributed by atoms with Crippen molar-refractivity contribution in [1.29, 1.82) is 0 Å². The van der Waals surface area contributed by atoms with E-state index in [1.54, 1.807) is 0 Å². The van der Waals surface area contributed by atoms with Crippen molar-refractivity contribution >= 4 is 33.6 Å². The minimum absolute atomic E-state index is 0.211. The van der Waals surface area contributed by atoms with Gasteiger partial charge in [0.25, 0.3) is 5.56 Å². The monoisotopic (exact) mass is 350 g/mol. The number of H-pyrrole nitrogens is 1. The summed E-state index contributed by atoms with van der Waals surface area (Å²) >= 11 is 9.08. The van der Waals surface area contributed by atoms with Gasteiger partial charge in [-0.2, -0.15) is 0 Å². The molecule has 0 amide bonds. The van der Waals surface area contributed by atoms with E-state index in [1.165, 1.54) is 21.8 Å². The Balaban J connectivity index is 2.38. The minimum Gasteiger partial charge on any atom is -0.394 e. The van der Waals surface area contributed by atoms with Crippen LogP contribution in [0, 0.1) is 0 Å². The molecule has 1 fully saturated rings. The lowest BCUT2D eigenvalue weighted by Crippen LogP contribution is -2.33. The molecule has 1 aromatic rings. The summed E-state index contributed by atoms with van der Waals surface area (Å²) in [4.78, 5) is 27.0.